The molecule has 0 saturated heterocycles. The van der Waals surface area contributed by atoms with Gasteiger partial charge in [0.15, 0.2) is 0 Å². The number of hydrogen-bond donors (Lipinski definition) is 2. The Morgan fingerprint density at radius 1 is 0.962 bits per heavy atom. The standard InChI is InChI=1S/C21H26N2O3/c1-14(2)26-16-10-8-9-15(13-16)19(24)22-18-12-7-6-11-17(18)20(25)23-21(3,4)5/h6-14H,1-5H3,(H,22,24)(H,23,25). The molecule has 0 bridgehead atoms. The number of ether oxygens (including phenoxy) is 1. The zero-order chi connectivity index (χ0) is 19.3. The van der Waals surface area contributed by atoms with E-state index >= 15 is 0 Å². The molecule has 0 atom stereocenters. The molecule has 0 aliphatic heterocycles. The molecule has 138 valence electrons. The molecule has 2 N–H and O–H groups in total. The predicted molar refractivity (Wildman–Crippen MR) is 104 cm³/mol. The zero-order valence-corrected chi connectivity index (χ0v) is 15.9. The summed E-state index contributed by atoms with van der Waals surface area (Å²) in [6.45, 7) is 9.58. The van der Waals surface area contributed by atoms with Crippen LogP contribution >= 0.6 is 0 Å². The molecule has 5 nitrogen and oxygen atoms in total. The molecular weight excluding hydrogens is 328 g/mol. The third-order valence-electron chi connectivity index (χ3n) is 3.38. The van der Waals surface area contributed by atoms with Gasteiger partial charge in [0, 0.05) is 11.1 Å². The second-order valence-electron chi connectivity index (χ2n) is 7.40. The molecule has 0 fully saturated rings. The number of carbonyl (C=O) groups excluding carboxylic acids is 2. The molecule has 0 spiro atoms. The van der Waals surface area contributed by atoms with Gasteiger partial charge in [0.25, 0.3) is 11.8 Å². The van der Waals surface area contributed by atoms with Crippen LogP contribution in [0.3, 0.4) is 0 Å². The van der Waals surface area contributed by atoms with E-state index in [1.54, 1.807) is 42.5 Å². The minimum Gasteiger partial charge on any atom is -0.491 e. The summed E-state index contributed by atoms with van der Waals surface area (Å²) in [4.78, 5) is 25.1. The highest BCUT2D eigenvalue weighted by molar-refractivity contribution is 6.09. The van der Waals surface area contributed by atoms with Crippen LogP contribution in [0, 0.1) is 0 Å². The summed E-state index contributed by atoms with van der Waals surface area (Å²) in [5.41, 5.74) is 0.991. The number of hydrogen-bond acceptors (Lipinski definition) is 3. The largest absolute Gasteiger partial charge is 0.491 e. The Bertz CT molecular complexity index is 792. The Balaban J connectivity index is 2.21. The fourth-order valence-corrected chi connectivity index (χ4v) is 2.38. The quantitative estimate of drug-likeness (QED) is 0.843. The maximum absolute atomic E-state index is 12.6. The van der Waals surface area contributed by atoms with Crippen molar-refractivity contribution in [1.29, 1.82) is 0 Å². The average Bonchev–Trinajstić information content (AvgIpc) is 2.53. The third-order valence-corrected chi connectivity index (χ3v) is 3.38. The van der Waals surface area contributed by atoms with E-state index in [4.69, 9.17) is 4.74 Å². The van der Waals surface area contributed by atoms with E-state index in [1.807, 2.05) is 40.7 Å². The smallest absolute Gasteiger partial charge is 0.255 e. The molecule has 0 aliphatic carbocycles. The lowest BCUT2D eigenvalue weighted by molar-refractivity contribution is 0.0920. The van der Waals surface area contributed by atoms with Crippen LogP contribution in [0.5, 0.6) is 5.75 Å². The van der Waals surface area contributed by atoms with Crippen molar-refractivity contribution in [2.45, 2.75) is 46.3 Å². The average molecular weight is 354 g/mol. The summed E-state index contributed by atoms with van der Waals surface area (Å²) in [5, 5.41) is 5.73. The van der Waals surface area contributed by atoms with Crippen molar-refractivity contribution >= 4 is 17.5 Å². The van der Waals surface area contributed by atoms with E-state index in [1.165, 1.54) is 0 Å². The van der Waals surface area contributed by atoms with Gasteiger partial charge in [0.2, 0.25) is 0 Å². The number of carbonyl (C=O) groups is 2. The first-order valence-corrected chi connectivity index (χ1v) is 8.65. The molecule has 0 unspecified atom stereocenters. The van der Waals surface area contributed by atoms with Crippen molar-refractivity contribution in [2.24, 2.45) is 0 Å². The first-order valence-electron chi connectivity index (χ1n) is 8.65. The van der Waals surface area contributed by atoms with E-state index in [2.05, 4.69) is 10.6 Å². The van der Waals surface area contributed by atoms with Gasteiger partial charge in [-0.1, -0.05) is 18.2 Å². The molecule has 0 heterocycles. The first-order chi connectivity index (χ1) is 12.2. The summed E-state index contributed by atoms with van der Waals surface area (Å²) in [6, 6.07) is 13.9. The highest BCUT2D eigenvalue weighted by Crippen LogP contribution is 2.19. The lowest BCUT2D eigenvalue weighted by Crippen LogP contribution is -2.40. The molecule has 0 aromatic heterocycles. The van der Waals surface area contributed by atoms with Crippen molar-refractivity contribution < 1.29 is 14.3 Å². The van der Waals surface area contributed by atoms with Gasteiger partial charge in [-0.05, 0) is 65.0 Å². The number of rotatable bonds is 5. The SMILES string of the molecule is CC(C)Oc1cccc(C(=O)Nc2ccccc2C(=O)NC(C)(C)C)c1. The van der Waals surface area contributed by atoms with Gasteiger partial charge in [0.1, 0.15) is 5.75 Å². The zero-order valence-electron chi connectivity index (χ0n) is 15.9. The van der Waals surface area contributed by atoms with Crippen LogP contribution in [0.15, 0.2) is 48.5 Å². The second kappa shape index (κ2) is 8.04. The van der Waals surface area contributed by atoms with E-state index in [0.29, 0.717) is 22.6 Å². The van der Waals surface area contributed by atoms with Crippen molar-refractivity contribution in [3.8, 4) is 5.75 Å². The monoisotopic (exact) mass is 354 g/mol. The van der Waals surface area contributed by atoms with Crippen LogP contribution in [0.1, 0.15) is 55.3 Å². The minimum absolute atomic E-state index is 0.0233. The molecule has 0 aliphatic rings. The van der Waals surface area contributed by atoms with E-state index in [0.717, 1.165) is 0 Å². The number of nitrogens with one attached hydrogen (secondary N) is 2. The summed E-state index contributed by atoms with van der Waals surface area (Å²) < 4.78 is 5.63. The highest BCUT2D eigenvalue weighted by Gasteiger charge is 2.19. The molecule has 2 aromatic carbocycles. The second-order valence-corrected chi connectivity index (χ2v) is 7.40. The summed E-state index contributed by atoms with van der Waals surface area (Å²) in [6.07, 6.45) is 0.0233. The molecule has 0 saturated carbocycles. The molecule has 2 aromatic rings. The molecule has 26 heavy (non-hydrogen) atoms. The van der Waals surface area contributed by atoms with Gasteiger partial charge in [0.05, 0.1) is 17.4 Å². The molecule has 0 radical (unpaired) electrons. The Labute approximate surface area is 154 Å². The van der Waals surface area contributed by atoms with Crippen molar-refractivity contribution in [2.75, 3.05) is 5.32 Å². The lowest BCUT2D eigenvalue weighted by Gasteiger charge is -2.21. The van der Waals surface area contributed by atoms with Gasteiger partial charge >= 0.3 is 0 Å². The number of para-hydroxylation sites is 1. The third kappa shape index (κ3) is 5.62. The van der Waals surface area contributed by atoms with Gasteiger partial charge in [-0.25, -0.2) is 0 Å². The van der Waals surface area contributed by atoms with Gasteiger partial charge < -0.3 is 15.4 Å². The summed E-state index contributed by atoms with van der Waals surface area (Å²) in [5.74, 6) is 0.104. The van der Waals surface area contributed by atoms with Crippen LogP contribution < -0.4 is 15.4 Å². The summed E-state index contributed by atoms with van der Waals surface area (Å²) >= 11 is 0. The molecule has 2 rings (SSSR count). The lowest BCUT2D eigenvalue weighted by atomic mass is 10.1. The summed E-state index contributed by atoms with van der Waals surface area (Å²) in [7, 11) is 0. The van der Waals surface area contributed by atoms with Crippen molar-refractivity contribution in [1.82, 2.24) is 5.32 Å². The van der Waals surface area contributed by atoms with Crippen LogP contribution in [0.2, 0.25) is 0 Å². The van der Waals surface area contributed by atoms with E-state index < -0.39 is 0 Å². The molecule has 5 heteroatoms. The maximum Gasteiger partial charge on any atom is 0.255 e. The van der Waals surface area contributed by atoms with Crippen LogP contribution in [0.4, 0.5) is 5.69 Å². The number of amides is 2. The highest BCUT2D eigenvalue weighted by atomic mass is 16.5. The Morgan fingerprint density at radius 2 is 1.65 bits per heavy atom. The fourth-order valence-electron chi connectivity index (χ4n) is 2.38. The van der Waals surface area contributed by atoms with Crippen molar-refractivity contribution in [3.05, 3.63) is 59.7 Å². The van der Waals surface area contributed by atoms with E-state index in [9.17, 15) is 9.59 Å². The van der Waals surface area contributed by atoms with Crippen LogP contribution in [-0.4, -0.2) is 23.5 Å². The maximum atomic E-state index is 12.6. The number of anilines is 1. The van der Waals surface area contributed by atoms with E-state index in [-0.39, 0.29) is 23.5 Å². The minimum atomic E-state index is -0.364. The molecule has 2 amide bonds. The van der Waals surface area contributed by atoms with Gasteiger partial charge in [-0.3, -0.25) is 9.59 Å². The van der Waals surface area contributed by atoms with Gasteiger partial charge in [-0.15, -0.1) is 0 Å². The Hall–Kier alpha value is -2.82. The van der Waals surface area contributed by atoms with Gasteiger partial charge in [-0.2, -0.15) is 0 Å². The topological polar surface area (TPSA) is 67.4 Å². The van der Waals surface area contributed by atoms with Crippen LogP contribution in [0.25, 0.3) is 0 Å². The number of benzene rings is 2. The Kier molecular flexibility index (Phi) is 6.03. The van der Waals surface area contributed by atoms with Crippen molar-refractivity contribution in [3.63, 3.8) is 0 Å². The van der Waals surface area contributed by atoms with Crippen LogP contribution in [-0.2, 0) is 0 Å². The fraction of sp³-hybridized carbons (Fsp3) is 0.333. The molecular formula is C21H26N2O3. The predicted octanol–water partition coefficient (Wildman–Crippen LogP) is 4.25. The normalized spacial score (nSPS) is 11.2. The first kappa shape index (κ1) is 19.5. The Morgan fingerprint density at radius 3 is 2.31 bits per heavy atom.